The zero-order valence-electron chi connectivity index (χ0n) is 19.7. The maximum absolute atomic E-state index is 13.9. The van der Waals surface area contributed by atoms with Gasteiger partial charge in [0, 0.05) is 41.4 Å². The molecule has 1 aliphatic heterocycles. The van der Waals surface area contributed by atoms with Crippen LogP contribution in [0.2, 0.25) is 0 Å². The topological polar surface area (TPSA) is 59.0 Å². The number of likely N-dealkylation sites (tertiary alicyclic amines) is 1. The molecule has 2 fully saturated rings. The molecule has 5 rings (SSSR count). The molecule has 35 heavy (non-hydrogen) atoms. The number of hydrogen-bond acceptors (Lipinski definition) is 4. The van der Waals surface area contributed by atoms with E-state index in [1.165, 1.54) is 6.07 Å². The molecular weight excluding hydrogens is 453 g/mol. The van der Waals surface area contributed by atoms with Crippen LogP contribution in [0.5, 0.6) is 0 Å². The van der Waals surface area contributed by atoms with Crippen molar-refractivity contribution in [2.24, 2.45) is 11.8 Å². The van der Waals surface area contributed by atoms with E-state index < -0.39 is 11.7 Å². The predicted molar refractivity (Wildman–Crippen MR) is 126 cm³/mol. The average molecular weight is 481 g/mol. The summed E-state index contributed by atoms with van der Waals surface area (Å²) in [5.74, 6) is 1.03. The van der Waals surface area contributed by atoms with E-state index in [0.717, 1.165) is 36.5 Å². The molecule has 3 aromatic heterocycles. The Hall–Kier alpha value is -3.29. The third-order valence-electron chi connectivity index (χ3n) is 7.06. The normalized spacial score (nSPS) is 21.5. The van der Waals surface area contributed by atoms with E-state index in [1.54, 1.807) is 0 Å². The fourth-order valence-corrected chi connectivity index (χ4v) is 5.03. The number of amides is 1. The predicted octanol–water partition coefficient (Wildman–Crippen LogP) is 5.66. The number of pyridine rings is 3. The standard InChI is InChI=1S/C27H27F3N4O/c1-16-4-3-5-24(32-16)23-11-6-17(2)33-25(23)26(35)34-15-19-12-18(19)13-22(34)10-9-21-8-7-20(14-31-21)27(28,29)30/h3-8,11,14,18-19,22H,9-10,12-13,15H2,1-2H3/t18-,19+,22-/m1/s1. The van der Waals surface area contributed by atoms with Crippen molar-refractivity contribution in [1.82, 2.24) is 19.9 Å². The molecule has 1 aliphatic carbocycles. The van der Waals surface area contributed by atoms with Crippen LogP contribution in [-0.4, -0.2) is 38.3 Å². The monoisotopic (exact) mass is 480 g/mol. The fourth-order valence-electron chi connectivity index (χ4n) is 5.03. The number of carbonyl (C=O) groups is 1. The molecular formula is C27H27F3N4O. The maximum atomic E-state index is 13.9. The first-order valence-electron chi connectivity index (χ1n) is 11.9. The molecule has 182 valence electrons. The molecule has 0 radical (unpaired) electrons. The largest absolute Gasteiger partial charge is 0.417 e. The molecule has 4 heterocycles. The molecule has 0 N–H and O–H groups in total. The van der Waals surface area contributed by atoms with Gasteiger partial charge in [0.2, 0.25) is 0 Å². The number of fused-ring (bicyclic) bond motifs is 1. The van der Waals surface area contributed by atoms with Crippen LogP contribution in [0, 0.1) is 25.7 Å². The highest BCUT2D eigenvalue weighted by molar-refractivity contribution is 5.99. The van der Waals surface area contributed by atoms with E-state index in [9.17, 15) is 18.0 Å². The third-order valence-corrected chi connectivity index (χ3v) is 7.06. The number of piperidine rings is 1. The Morgan fingerprint density at radius 1 is 1.00 bits per heavy atom. The van der Waals surface area contributed by atoms with Crippen LogP contribution in [0.1, 0.15) is 52.4 Å². The second-order valence-corrected chi connectivity index (χ2v) is 9.69. The van der Waals surface area contributed by atoms with E-state index in [2.05, 4.69) is 15.0 Å². The molecule has 3 aromatic rings. The summed E-state index contributed by atoms with van der Waals surface area (Å²) in [6.07, 6.45) is -0.334. The highest BCUT2D eigenvalue weighted by Crippen LogP contribution is 2.48. The van der Waals surface area contributed by atoms with Crippen LogP contribution < -0.4 is 0 Å². The summed E-state index contributed by atoms with van der Waals surface area (Å²) in [4.78, 5) is 29.0. The van der Waals surface area contributed by atoms with Gasteiger partial charge in [-0.25, -0.2) is 4.98 Å². The molecule has 1 saturated carbocycles. The lowest BCUT2D eigenvalue weighted by Gasteiger charge is -2.36. The van der Waals surface area contributed by atoms with Crippen LogP contribution in [0.25, 0.3) is 11.3 Å². The molecule has 1 amide bonds. The van der Waals surface area contributed by atoms with Gasteiger partial charge in [0.1, 0.15) is 5.69 Å². The van der Waals surface area contributed by atoms with Gasteiger partial charge in [0.15, 0.2) is 0 Å². The SMILES string of the molecule is Cc1cccc(-c2ccc(C)nc2C(=O)N2C[C@@H]3C[C@@H]3C[C@H]2CCc2ccc(C(F)(F)F)cn2)n1. The smallest absolute Gasteiger partial charge is 0.334 e. The van der Waals surface area contributed by atoms with Gasteiger partial charge in [0.25, 0.3) is 5.91 Å². The molecule has 2 aliphatic rings. The lowest BCUT2D eigenvalue weighted by molar-refractivity contribution is -0.137. The summed E-state index contributed by atoms with van der Waals surface area (Å²) in [5, 5.41) is 0. The van der Waals surface area contributed by atoms with Crippen LogP contribution in [-0.2, 0) is 12.6 Å². The quantitative estimate of drug-likeness (QED) is 0.473. The lowest BCUT2D eigenvalue weighted by atomic mass is 9.95. The number of halogens is 3. The van der Waals surface area contributed by atoms with E-state index in [-0.39, 0.29) is 11.9 Å². The minimum atomic E-state index is -4.40. The van der Waals surface area contributed by atoms with E-state index in [0.29, 0.717) is 53.9 Å². The number of alkyl halides is 3. The molecule has 0 spiro atoms. The maximum Gasteiger partial charge on any atom is 0.417 e. The summed E-state index contributed by atoms with van der Waals surface area (Å²) < 4.78 is 38.6. The zero-order valence-corrected chi connectivity index (χ0v) is 19.7. The summed E-state index contributed by atoms with van der Waals surface area (Å²) in [7, 11) is 0. The highest BCUT2D eigenvalue weighted by atomic mass is 19.4. The molecule has 0 unspecified atom stereocenters. The van der Waals surface area contributed by atoms with Gasteiger partial charge in [-0.2, -0.15) is 13.2 Å². The van der Waals surface area contributed by atoms with Gasteiger partial charge in [-0.15, -0.1) is 0 Å². The number of hydrogen-bond donors (Lipinski definition) is 0. The van der Waals surface area contributed by atoms with Crippen molar-refractivity contribution in [2.75, 3.05) is 6.54 Å². The van der Waals surface area contributed by atoms with Crippen LogP contribution >= 0.6 is 0 Å². The van der Waals surface area contributed by atoms with E-state index >= 15 is 0 Å². The number of rotatable bonds is 5. The van der Waals surface area contributed by atoms with Crippen LogP contribution in [0.4, 0.5) is 13.2 Å². The Morgan fingerprint density at radius 2 is 1.80 bits per heavy atom. The van der Waals surface area contributed by atoms with Crippen LogP contribution in [0.15, 0.2) is 48.7 Å². The van der Waals surface area contributed by atoms with E-state index in [4.69, 9.17) is 0 Å². The van der Waals surface area contributed by atoms with Crippen molar-refractivity contribution in [3.05, 3.63) is 77.0 Å². The number of carbonyl (C=O) groups excluding carboxylic acids is 1. The fraction of sp³-hybridized carbons (Fsp3) is 0.407. The van der Waals surface area contributed by atoms with Gasteiger partial charge in [-0.3, -0.25) is 14.8 Å². The number of nitrogens with zero attached hydrogens (tertiary/aromatic N) is 4. The second kappa shape index (κ2) is 9.06. The van der Waals surface area contributed by atoms with Gasteiger partial charge < -0.3 is 4.90 Å². The van der Waals surface area contributed by atoms with Crippen molar-refractivity contribution >= 4 is 5.91 Å². The minimum absolute atomic E-state index is 0.00373. The first-order chi connectivity index (χ1) is 16.7. The Bertz CT molecular complexity index is 1240. The molecule has 3 atom stereocenters. The summed E-state index contributed by atoms with van der Waals surface area (Å²) in [6.45, 7) is 4.46. The second-order valence-electron chi connectivity index (χ2n) is 9.69. The van der Waals surface area contributed by atoms with Crippen molar-refractivity contribution in [3.63, 3.8) is 0 Å². The van der Waals surface area contributed by atoms with E-state index in [1.807, 2.05) is 49.1 Å². The molecule has 8 heteroatoms. The van der Waals surface area contributed by atoms with Gasteiger partial charge in [0.05, 0.1) is 11.3 Å². The van der Waals surface area contributed by atoms with Crippen LogP contribution in [0.3, 0.4) is 0 Å². The Kier molecular flexibility index (Phi) is 6.07. The van der Waals surface area contributed by atoms with Crippen molar-refractivity contribution in [1.29, 1.82) is 0 Å². The first kappa shape index (κ1) is 23.5. The summed E-state index contributed by atoms with van der Waals surface area (Å²) >= 11 is 0. The molecule has 0 bridgehead atoms. The van der Waals surface area contributed by atoms with Crippen molar-refractivity contribution < 1.29 is 18.0 Å². The summed E-state index contributed by atoms with van der Waals surface area (Å²) in [5.41, 5.74) is 3.30. The first-order valence-corrected chi connectivity index (χ1v) is 11.9. The van der Waals surface area contributed by atoms with Gasteiger partial charge in [-0.1, -0.05) is 6.07 Å². The molecule has 5 nitrogen and oxygen atoms in total. The van der Waals surface area contributed by atoms with Crippen molar-refractivity contribution in [2.45, 2.75) is 51.7 Å². The Balaban J connectivity index is 1.38. The molecule has 1 saturated heterocycles. The zero-order chi connectivity index (χ0) is 24.7. The average Bonchev–Trinajstić information content (AvgIpc) is 3.60. The minimum Gasteiger partial charge on any atom is -0.334 e. The number of aromatic nitrogens is 3. The third kappa shape index (κ3) is 5.06. The van der Waals surface area contributed by atoms with Crippen molar-refractivity contribution in [3.8, 4) is 11.3 Å². The molecule has 0 aromatic carbocycles. The Morgan fingerprint density at radius 3 is 2.51 bits per heavy atom. The Labute approximate surface area is 202 Å². The van der Waals surface area contributed by atoms with Gasteiger partial charge in [-0.05, 0) is 87.8 Å². The highest BCUT2D eigenvalue weighted by Gasteiger charge is 2.47. The lowest BCUT2D eigenvalue weighted by Crippen LogP contribution is -2.45. The van der Waals surface area contributed by atoms with Gasteiger partial charge >= 0.3 is 6.18 Å². The summed E-state index contributed by atoms with van der Waals surface area (Å²) in [6, 6.07) is 12.0. The number of aryl methyl sites for hydroxylation is 3.